The molecule has 3 rings (SSSR count). The van der Waals surface area contributed by atoms with Crippen molar-refractivity contribution in [2.24, 2.45) is 0 Å². The van der Waals surface area contributed by atoms with Gasteiger partial charge < -0.3 is 15.1 Å². The summed E-state index contributed by atoms with van der Waals surface area (Å²) in [6, 6.07) is 9.97. The molecule has 2 saturated heterocycles. The Morgan fingerprint density at radius 3 is 2.71 bits per heavy atom. The molecule has 1 unspecified atom stereocenters. The van der Waals surface area contributed by atoms with Gasteiger partial charge in [-0.3, -0.25) is 4.79 Å². The predicted molar refractivity (Wildman–Crippen MR) is 93.5 cm³/mol. The van der Waals surface area contributed by atoms with Gasteiger partial charge in [-0.1, -0.05) is 30.3 Å². The SMILES string of the molecule is CCN1C(=O)CCC12CCCN(C(=O)NCc1ccccc1)CC2. The monoisotopic (exact) mass is 329 g/mol. The molecule has 1 N–H and O–H groups in total. The van der Waals surface area contributed by atoms with Gasteiger partial charge in [-0.15, -0.1) is 0 Å². The number of rotatable bonds is 3. The molecule has 3 amide bonds. The first kappa shape index (κ1) is 16.8. The van der Waals surface area contributed by atoms with Gasteiger partial charge in [0.2, 0.25) is 5.91 Å². The number of likely N-dealkylation sites (tertiary alicyclic amines) is 2. The maximum atomic E-state index is 12.5. The van der Waals surface area contributed by atoms with E-state index in [0.29, 0.717) is 13.0 Å². The second-order valence-corrected chi connectivity index (χ2v) is 6.85. The molecule has 1 aromatic carbocycles. The number of hydrogen-bond donors (Lipinski definition) is 1. The Labute approximate surface area is 144 Å². The molecule has 1 atom stereocenters. The first-order chi connectivity index (χ1) is 11.6. The van der Waals surface area contributed by atoms with Crippen LogP contribution in [0, 0.1) is 0 Å². The maximum absolute atomic E-state index is 12.5. The second-order valence-electron chi connectivity index (χ2n) is 6.85. The molecule has 130 valence electrons. The molecule has 1 spiro atoms. The van der Waals surface area contributed by atoms with Crippen LogP contribution < -0.4 is 5.32 Å². The molecule has 0 aromatic heterocycles. The molecular weight excluding hydrogens is 302 g/mol. The molecule has 2 heterocycles. The Morgan fingerprint density at radius 1 is 1.17 bits per heavy atom. The topological polar surface area (TPSA) is 52.7 Å². The number of nitrogens with zero attached hydrogens (tertiary/aromatic N) is 2. The van der Waals surface area contributed by atoms with Crippen LogP contribution in [0.15, 0.2) is 30.3 Å². The third kappa shape index (κ3) is 3.40. The second kappa shape index (κ2) is 7.24. The van der Waals surface area contributed by atoms with E-state index in [1.54, 1.807) is 0 Å². The highest BCUT2D eigenvalue weighted by Gasteiger charge is 2.45. The minimum Gasteiger partial charge on any atom is -0.337 e. The highest BCUT2D eigenvalue weighted by atomic mass is 16.2. The quantitative estimate of drug-likeness (QED) is 0.927. The third-order valence-corrected chi connectivity index (χ3v) is 5.49. The van der Waals surface area contributed by atoms with Gasteiger partial charge in [0, 0.05) is 38.1 Å². The number of carbonyl (C=O) groups is 2. The third-order valence-electron chi connectivity index (χ3n) is 5.49. The van der Waals surface area contributed by atoms with Crippen molar-refractivity contribution in [2.45, 2.75) is 51.1 Å². The smallest absolute Gasteiger partial charge is 0.317 e. The molecule has 0 radical (unpaired) electrons. The fourth-order valence-electron chi connectivity index (χ4n) is 4.17. The van der Waals surface area contributed by atoms with E-state index in [-0.39, 0.29) is 17.5 Å². The van der Waals surface area contributed by atoms with E-state index < -0.39 is 0 Å². The van der Waals surface area contributed by atoms with Crippen molar-refractivity contribution in [2.75, 3.05) is 19.6 Å². The highest BCUT2D eigenvalue weighted by Crippen LogP contribution is 2.38. The van der Waals surface area contributed by atoms with Crippen molar-refractivity contribution < 1.29 is 9.59 Å². The lowest BCUT2D eigenvalue weighted by Gasteiger charge is -2.37. The average molecular weight is 329 g/mol. The van der Waals surface area contributed by atoms with E-state index in [1.165, 1.54) is 0 Å². The number of hydrogen-bond acceptors (Lipinski definition) is 2. The average Bonchev–Trinajstić information content (AvgIpc) is 2.78. The molecule has 2 aliphatic heterocycles. The zero-order valence-electron chi connectivity index (χ0n) is 14.5. The molecule has 2 aliphatic rings. The van der Waals surface area contributed by atoms with E-state index >= 15 is 0 Å². The van der Waals surface area contributed by atoms with Gasteiger partial charge in [0.1, 0.15) is 0 Å². The van der Waals surface area contributed by atoms with Crippen LogP contribution in [0.1, 0.15) is 44.6 Å². The lowest BCUT2D eigenvalue weighted by molar-refractivity contribution is -0.131. The van der Waals surface area contributed by atoms with Crippen molar-refractivity contribution in [1.82, 2.24) is 15.1 Å². The van der Waals surface area contributed by atoms with E-state index in [4.69, 9.17) is 0 Å². The van der Waals surface area contributed by atoms with Crippen molar-refractivity contribution in [3.8, 4) is 0 Å². The molecule has 0 bridgehead atoms. The molecule has 1 aromatic rings. The van der Waals surface area contributed by atoms with Gasteiger partial charge in [0.15, 0.2) is 0 Å². The molecule has 0 aliphatic carbocycles. The van der Waals surface area contributed by atoms with Gasteiger partial charge in [0.05, 0.1) is 0 Å². The zero-order valence-corrected chi connectivity index (χ0v) is 14.5. The first-order valence-electron chi connectivity index (χ1n) is 9.02. The number of benzene rings is 1. The molecule has 5 nitrogen and oxygen atoms in total. The van der Waals surface area contributed by atoms with Gasteiger partial charge in [0.25, 0.3) is 0 Å². The molecular formula is C19H27N3O2. The van der Waals surface area contributed by atoms with Crippen LogP contribution in [0.4, 0.5) is 4.79 Å². The van der Waals surface area contributed by atoms with Crippen LogP contribution in [-0.4, -0.2) is 46.9 Å². The van der Waals surface area contributed by atoms with E-state index in [2.05, 4.69) is 17.1 Å². The van der Waals surface area contributed by atoms with Crippen LogP contribution in [0.25, 0.3) is 0 Å². The fraction of sp³-hybridized carbons (Fsp3) is 0.579. The predicted octanol–water partition coefficient (Wildman–Crippen LogP) is 2.76. The summed E-state index contributed by atoms with van der Waals surface area (Å²) in [5.41, 5.74) is 1.09. The number of nitrogens with one attached hydrogen (secondary N) is 1. The summed E-state index contributed by atoms with van der Waals surface area (Å²) in [5.74, 6) is 0.277. The van der Waals surface area contributed by atoms with E-state index in [9.17, 15) is 9.59 Å². The maximum Gasteiger partial charge on any atom is 0.317 e. The molecule has 5 heteroatoms. The van der Waals surface area contributed by atoms with Gasteiger partial charge >= 0.3 is 6.03 Å². The van der Waals surface area contributed by atoms with Crippen LogP contribution >= 0.6 is 0 Å². The van der Waals surface area contributed by atoms with Gasteiger partial charge in [-0.25, -0.2) is 4.79 Å². The highest BCUT2D eigenvalue weighted by molar-refractivity contribution is 5.80. The summed E-state index contributed by atoms with van der Waals surface area (Å²) < 4.78 is 0. The van der Waals surface area contributed by atoms with Gasteiger partial charge in [-0.05, 0) is 38.2 Å². The summed E-state index contributed by atoms with van der Waals surface area (Å²) >= 11 is 0. The number of amides is 3. The Kier molecular flexibility index (Phi) is 5.07. The van der Waals surface area contributed by atoms with Crippen molar-refractivity contribution in [1.29, 1.82) is 0 Å². The number of urea groups is 1. The largest absolute Gasteiger partial charge is 0.337 e. The van der Waals surface area contributed by atoms with Crippen LogP contribution in [-0.2, 0) is 11.3 Å². The van der Waals surface area contributed by atoms with Gasteiger partial charge in [-0.2, -0.15) is 0 Å². The zero-order chi connectivity index (χ0) is 17.0. The molecule has 2 fully saturated rings. The Morgan fingerprint density at radius 2 is 1.96 bits per heavy atom. The number of carbonyl (C=O) groups excluding carboxylic acids is 2. The van der Waals surface area contributed by atoms with E-state index in [1.807, 2.05) is 35.2 Å². The lowest BCUT2D eigenvalue weighted by Crippen LogP contribution is -2.47. The minimum atomic E-state index is -0.0136. The summed E-state index contributed by atoms with van der Waals surface area (Å²) in [6.07, 6.45) is 4.47. The van der Waals surface area contributed by atoms with Crippen molar-refractivity contribution in [3.05, 3.63) is 35.9 Å². The van der Waals surface area contributed by atoms with Crippen LogP contribution in [0.2, 0.25) is 0 Å². The van der Waals surface area contributed by atoms with Crippen LogP contribution in [0.5, 0.6) is 0 Å². The summed E-state index contributed by atoms with van der Waals surface area (Å²) in [7, 11) is 0. The summed E-state index contributed by atoms with van der Waals surface area (Å²) in [6.45, 7) is 4.89. The standard InChI is InChI=1S/C19H27N3O2/c1-2-22-17(23)9-11-19(22)10-6-13-21(14-12-19)18(24)20-15-16-7-4-3-5-8-16/h3-5,7-8H,2,6,9-15H2,1H3,(H,20,24). The normalized spacial score (nSPS) is 24.3. The summed E-state index contributed by atoms with van der Waals surface area (Å²) in [4.78, 5) is 28.5. The van der Waals surface area contributed by atoms with Crippen LogP contribution in [0.3, 0.4) is 0 Å². The Hall–Kier alpha value is -2.04. The fourth-order valence-corrected chi connectivity index (χ4v) is 4.17. The summed E-state index contributed by atoms with van der Waals surface area (Å²) in [5, 5.41) is 3.02. The Bertz CT molecular complexity index is 590. The first-order valence-corrected chi connectivity index (χ1v) is 9.02. The molecule has 24 heavy (non-hydrogen) atoms. The van der Waals surface area contributed by atoms with Crippen molar-refractivity contribution >= 4 is 11.9 Å². The lowest BCUT2D eigenvalue weighted by atomic mass is 9.88. The molecule has 0 saturated carbocycles. The van der Waals surface area contributed by atoms with E-state index in [0.717, 1.165) is 50.9 Å². The minimum absolute atomic E-state index is 0.00303. The van der Waals surface area contributed by atoms with Crippen molar-refractivity contribution in [3.63, 3.8) is 0 Å². The Balaban J connectivity index is 1.57.